The van der Waals surface area contributed by atoms with Gasteiger partial charge < -0.3 is 19.4 Å². The van der Waals surface area contributed by atoms with Crippen molar-refractivity contribution in [1.29, 1.82) is 0 Å². The van der Waals surface area contributed by atoms with Gasteiger partial charge in [0.25, 0.3) is 0 Å². The number of rotatable bonds is 7. The van der Waals surface area contributed by atoms with Crippen LogP contribution in [-0.4, -0.2) is 61.5 Å². The Kier molecular flexibility index (Phi) is 6.19. The molecule has 0 radical (unpaired) electrons. The minimum Gasteiger partial charge on any atom is -0.460 e. The zero-order valence-corrected chi connectivity index (χ0v) is 19.4. The third-order valence-electron chi connectivity index (χ3n) is 6.79. The summed E-state index contributed by atoms with van der Waals surface area (Å²) in [5.41, 5.74) is 6.06. The van der Waals surface area contributed by atoms with Gasteiger partial charge in [0.2, 0.25) is 6.29 Å². The first kappa shape index (κ1) is 22.1. The minimum atomic E-state index is -1.06. The fraction of sp³-hybridized carbons (Fsp3) is 0.462. The highest BCUT2D eigenvalue weighted by molar-refractivity contribution is 5.86. The largest absolute Gasteiger partial charge is 0.460 e. The summed E-state index contributed by atoms with van der Waals surface area (Å²) in [6, 6.07) is 6.59. The van der Waals surface area contributed by atoms with Crippen molar-refractivity contribution < 1.29 is 14.9 Å². The van der Waals surface area contributed by atoms with Crippen molar-refractivity contribution in [3.05, 3.63) is 58.8 Å². The lowest BCUT2D eigenvalue weighted by Gasteiger charge is -2.23. The predicted molar refractivity (Wildman–Crippen MR) is 128 cm³/mol. The number of hydrogen-bond donors (Lipinski definition) is 2. The molecule has 1 saturated heterocycles. The molecule has 0 aliphatic carbocycles. The number of ether oxygens (including phenoxy) is 1. The van der Waals surface area contributed by atoms with Crippen molar-refractivity contribution in [2.75, 3.05) is 19.7 Å². The highest BCUT2D eigenvalue weighted by Crippen LogP contribution is 2.34. The number of fused-ring (bicyclic) bond motifs is 2. The first-order valence-electron chi connectivity index (χ1n) is 11.9. The van der Waals surface area contributed by atoms with E-state index in [1.54, 1.807) is 0 Å². The van der Waals surface area contributed by atoms with Crippen molar-refractivity contribution in [1.82, 2.24) is 19.3 Å². The van der Waals surface area contributed by atoms with E-state index in [-0.39, 0.29) is 6.61 Å². The number of aromatic nitrogens is 3. The van der Waals surface area contributed by atoms with E-state index in [2.05, 4.69) is 27.0 Å². The van der Waals surface area contributed by atoms with Crippen molar-refractivity contribution in [2.24, 2.45) is 0 Å². The van der Waals surface area contributed by atoms with Crippen LogP contribution >= 0.6 is 0 Å². The zero-order chi connectivity index (χ0) is 22.9. The Morgan fingerprint density at radius 3 is 2.88 bits per heavy atom. The van der Waals surface area contributed by atoms with Gasteiger partial charge in [-0.2, -0.15) is 0 Å². The molecule has 1 fully saturated rings. The van der Waals surface area contributed by atoms with Crippen molar-refractivity contribution in [3.63, 3.8) is 0 Å². The molecule has 2 atom stereocenters. The van der Waals surface area contributed by atoms with E-state index in [4.69, 9.17) is 4.74 Å². The average molecular weight is 449 g/mol. The van der Waals surface area contributed by atoms with Gasteiger partial charge >= 0.3 is 0 Å². The third kappa shape index (κ3) is 4.53. The molecule has 0 bridgehead atoms. The first-order valence-corrected chi connectivity index (χ1v) is 11.9. The smallest absolute Gasteiger partial charge is 0.226 e. The molecule has 0 saturated carbocycles. The molecular weight excluding hydrogens is 416 g/mol. The molecular formula is C26H32N4O3. The maximum Gasteiger partial charge on any atom is 0.226 e. The van der Waals surface area contributed by atoms with Crippen LogP contribution in [0, 0.1) is 13.8 Å². The highest BCUT2D eigenvalue weighted by Gasteiger charge is 2.25. The van der Waals surface area contributed by atoms with Gasteiger partial charge in [0, 0.05) is 29.6 Å². The summed E-state index contributed by atoms with van der Waals surface area (Å²) in [6.45, 7) is 6.31. The molecule has 5 rings (SSSR count). The topological polar surface area (TPSA) is 83.1 Å². The Hall–Kier alpha value is -2.74. The Morgan fingerprint density at radius 2 is 2.03 bits per heavy atom. The SMILES string of the molecule is Cc1cn2cc(C3=Cc4ccc(CCCCN5CCCC5CO)cc4OC3O)nc2c(C)n1. The average Bonchev–Trinajstić information content (AvgIpc) is 3.43. The van der Waals surface area contributed by atoms with Gasteiger partial charge in [-0.3, -0.25) is 9.88 Å². The number of hydrogen-bond acceptors (Lipinski definition) is 6. The number of likely N-dealkylation sites (tertiary alicyclic amines) is 1. The second-order valence-electron chi connectivity index (χ2n) is 9.24. The molecule has 4 heterocycles. The third-order valence-corrected chi connectivity index (χ3v) is 6.79. The van der Waals surface area contributed by atoms with Gasteiger partial charge in [0.1, 0.15) is 5.75 Å². The molecule has 2 aliphatic heterocycles. The number of aliphatic hydroxyl groups excluding tert-OH is 2. The zero-order valence-electron chi connectivity index (χ0n) is 19.4. The summed E-state index contributed by atoms with van der Waals surface area (Å²) in [5.74, 6) is 0.709. The van der Waals surface area contributed by atoms with E-state index in [1.165, 1.54) is 12.0 Å². The van der Waals surface area contributed by atoms with Gasteiger partial charge in [-0.05, 0) is 76.7 Å². The van der Waals surface area contributed by atoms with Gasteiger partial charge in [0.05, 0.1) is 23.7 Å². The highest BCUT2D eigenvalue weighted by atomic mass is 16.6. The van der Waals surface area contributed by atoms with Gasteiger partial charge in [-0.15, -0.1) is 0 Å². The normalized spacial score (nSPS) is 20.7. The van der Waals surface area contributed by atoms with Crippen LogP contribution in [0.2, 0.25) is 0 Å². The molecule has 2 aromatic heterocycles. The number of benzene rings is 1. The summed E-state index contributed by atoms with van der Waals surface area (Å²) >= 11 is 0. The summed E-state index contributed by atoms with van der Waals surface area (Å²) in [4.78, 5) is 11.6. The van der Waals surface area contributed by atoms with Crippen LogP contribution in [0.3, 0.4) is 0 Å². The lowest BCUT2D eigenvalue weighted by atomic mass is 10.0. The molecule has 2 N–H and O–H groups in total. The van der Waals surface area contributed by atoms with E-state index < -0.39 is 6.29 Å². The Morgan fingerprint density at radius 1 is 1.15 bits per heavy atom. The molecule has 7 nitrogen and oxygen atoms in total. The number of unbranched alkanes of at least 4 members (excludes halogenated alkanes) is 1. The quantitative estimate of drug-likeness (QED) is 0.539. The molecule has 3 aromatic rings. The van der Waals surface area contributed by atoms with Crippen LogP contribution in [0.25, 0.3) is 17.3 Å². The second-order valence-corrected chi connectivity index (χ2v) is 9.24. The van der Waals surface area contributed by atoms with Crippen molar-refractivity contribution in [2.45, 2.75) is 58.3 Å². The molecule has 33 heavy (non-hydrogen) atoms. The van der Waals surface area contributed by atoms with Crippen LogP contribution < -0.4 is 4.74 Å². The fourth-order valence-electron chi connectivity index (χ4n) is 5.06. The van der Waals surface area contributed by atoms with E-state index in [0.717, 1.165) is 61.4 Å². The standard InChI is InChI=1S/C26H32N4O3/c1-17-14-30-15-23(28-25(30)18(2)27-17)22-13-20-9-8-19(12-24(20)33-26(22)32)6-3-4-10-29-11-5-7-21(29)16-31/h8-9,12-15,21,26,31-32H,3-7,10-11,16H2,1-2H3. The van der Waals surface area contributed by atoms with E-state index in [9.17, 15) is 10.2 Å². The monoisotopic (exact) mass is 448 g/mol. The Balaban J connectivity index is 1.27. The lowest BCUT2D eigenvalue weighted by molar-refractivity contribution is 0.0317. The van der Waals surface area contributed by atoms with Crippen LogP contribution in [0.1, 0.15) is 53.9 Å². The fourth-order valence-corrected chi connectivity index (χ4v) is 5.06. The minimum absolute atomic E-state index is 0.269. The predicted octanol–water partition coefficient (Wildman–Crippen LogP) is 3.38. The molecule has 7 heteroatoms. The number of imidazole rings is 1. The summed E-state index contributed by atoms with van der Waals surface area (Å²) in [7, 11) is 0. The van der Waals surface area contributed by atoms with Gasteiger partial charge in [-0.25, -0.2) is 4.98 Å². The van der Waals surface area contributed by atoms with Crippen LogP contribution in [0.5, 0.6) is 5.75 Å². The lowest BCUT2D eigenvalue weighted by Crippen LogP contribution is -2.32. The Bertz CT molecular complexity index is 1190. The molecule has 2 unspecified atom stereocenters. The molecule has 174 valence electrons. The van der Waals surface area contributed by atoms with E-state index in [0.29, 0.717) is 23.1 Å². The summed E-state index contributed by atoms with van der Waals surface area (Å²) in [5, 5.41) is 20.2. The number of aliphatic hydroxyl groups is 2. The van der Waals surface area contributed by atoms with Crippen LogP contribution in [0.4, 0.5) is 0 Å². The maximum atomic E-state index is 10.7. The van der Waals surface area contributed by atoms with Crippen molar-refractivity contribution in [3.8, 4) is 5.75 Å². The second kappa shape index (κ2) is 9.25. The van der Waals surface area contributed by atoms with Crippen LogP contribution in [-0.2, 0) is 6.42 Å². The van der Waals surface area contributed by atoms with E-state index in [1.807, 2.05) is 42.8 Å². The number of aryl methyl sites for hydroxylation is 3. The number of nitrogens with zero attached hydrogens (tertiary/aromatic N) is 4. The maximum absolute atomic E-state index is 10.7. The molecule has 0 amide bonds. The first-order chi connectivity index (χ1) is 16.0. The summed E-state index contributed by atoms with van der Waals surface area (Å²) in [6.07, 6.45) is 10.2. The molecule has 0 spiro atoms. The molecule has 1 aromatic carbocycles. The Labute approximate surface area is 194 Å². The van der Waals surface area contributed by atoms with Crippen molar-refractivity contribution >= 4 is 17.3 Å². The molecule has 2 aliphatic rings. The van der Waals surface area contributed by atoms with E-state index >= 15 is 0 Å². The van der Waals surface area contributed by atoms with Gasteiger partial charge in [-0.1, -0.05) is 12.1 Å². The summed E-state index contributed by atoms with van der Waals surface area (Å²) < 4.78 is 7.84. The van der Waals surface area contributed by atoms with Gasteiger partial charge in [0.15, 0.2) is 5.65 Å². The van der Waals surface area contributed by atoms with Crippen LogP contribution in [0.15, 0.2) is 30.6 Å².